The first-order valence-corrected chi connectivity index (χ1v) is 6.45. The number of rotatable bonds is 11. The van der Waals surface area contributed by atoms with Crippen molar-refractivity contribution in [3.8, 4) is 0 Å². The summed E-state index contributed by atoms with van der Waals surface area (Å²) < 4.78 is 4.55. The van der Waals surface area contributed by atoms with E-state index in [2.05, 4.69) is 4.74 Å². The number of carboxylic acid groups (broad SMARTS) is 1. The summed E-state index contributed by atoms with van der Waals surface area (Å²) in [6, 6.07) is 0. The lowest BCUT2D eigenvalue weighted by Crippen LogP contribution is -1.99. The Morgan fingerprint density at radius 2 is 1.24 bits per heavy atom. The van der Waals surface area contributed by atoms with E-state index in [-0.39, 0.29) is 5.97 Å². The predicted octanol–water partition coefficient (Wildman–Crippen LogP) is 3.15. The molecule has 0 aliphatic carbocycles. The van der Waals surface area contributed by atoms with E-state index in [1.165, 1.54) is 13.5 Å². The van der Waals surface area contributed by atoms with Crippen molar-refractivity contribution in [3.63, 3.8) is 0 Å². The highest BCUT2D eigenvalue weighted by molar-refractivity contribution is 5.68. The van der Waals surface area contributed by atoms with E-state index in [0.717, 1.165) is 44.9 Å². The molecule has 100 valence electrons. The Balaban J connectivity index is 3.03. The van der Waals surface area contributed by atoms with Crippen LogP contribution in [0.2, 0.25) is 0 Å². The molecule has 0 bridgehead atoms. The zero-order valence-corrected chi connectivity index (χ0v) is 10.7. The number of methoxy groups -OCH3 is 1. The fourth-order valence-corrected chi connectivity index (χ4v) is 1.71. The van der Waals surface area contributed by atoms with Crippen LogP contribution in [0.4, 0.5) is 0 Å². The third-order valence-corrected chi connectivity index (χ3v) is 2.75. The van der Waals surface area contributed by atoms with E-state index in [1.807, 2.05) is 0 Å². The maximum atomic E-state index is 10.8. The molecule has 0 amide bonds. The molecule has 0 spiro atoms. The van der Waals surface area contributed by atoms with Crippen molar-refractivity contribution < 1.29 is 19.4 Å². The fraction of sp³-hybridized carbons (Fsp3) is 0.846. The Labute approximate surface area is 103 Å². The molecule has 0 saturated carbocycles. The van der Waals surface area contributed by atoms with Crippen LogP contribution in [0.3, 0.4) is 0 Å². The second-order valence-electron chi connectivity index (χ2n) is 4.30. The van der Waals surface area contributed by atoms with E-state index in [4.69, 9.17) is 5.11 Å². The number of carboxylic acids is 1. The number of carbonyl (C=O) groups is 2. The van der Waals surface area contributed by atoms with Crippen molar-refractivity contribution in [1.29, 1.82) is 0 Å². The Bertz CT molecular complexity index is 213. The SMILES string of the molecule is CO[11C](=O)CCCCCCCCCCC(=O)O. The van der Waals surface area contributed by atoms with Gasteiger partial charge in [-0.1, -0.05) is 38.5 Å². The highest BCUT2D eigenvalue weighted by Crippen LogP contribution is 2.10. The van der Waals surface area contributed by atoms with Gasteiger partial charge in [-0.05, 0) is 12.8 Å². The van der Waals surface area contributed by atoms with Gasteiger partial charge in [-0.15, -0.1) is 0 Å². The van der Waals surface area contributed by atoms with Crippen LogP contribution in [0, 0.1) is 0 Å². The van der Waals surface area contributed by atoms with Gasteiger partial charge in [0.05, 0.1) is 7.11 Å². The van der Waals surface area contributed by atoms with Crippen LogP contribution in [0.15, 0.2) is 0 Å². The number of carbonyl (C=O) groups excluding carboxylic acids is 1. The molecule has 0 aliphatic heterocycles. The zero-order chi connectivity index (χ0) is 12.9. The van der Waals surface area contributed by atoms with Crippen LogP contribution in [-0.4, -0.2) is 24.2 Å². The summed E-state index contributed by atoms with van der Waals surface area (Å²) in [5.41, 5.74) is 0. The molecular weight excluding hydrogens is 219 g/mol. The average Bonchev–Trinajstić information content (AvgIpc) is 2.30. The standard InChI is InChI=1S/C13H24O4/c1-17-13(16)11-9-7-5-3-2-4-6-8-10-12(14)15/h2-11H2,1H3,(H,14,15)/i13-1. The van der Waals surface area contributed by atoms with Crippen molar-refractivity contribution in [3.05, 3.63) is 0 Å². The summed E-state index contributed by atoms with van der Waals surface area (Å²) in [6.07, 6.45) is 9.20. The molecule has 1 N–H and O–H groups in total. The zero-order valence-electron chi connectivity index (χ0n) is 10.7. The second kappa shape index (κ2) is 11.4. The molecule has 0 atom stereocenters. The minimum absolute atomic E-state index is 0.126. The summed E-state index contributed by atoms with van der Waals surface area (Å²) in [5, 5.41) is 8.44. The van der Waals surface area contributed by atoms with Crippen LogP contribution in [0.1, 0.15) is 64.2 Å². The van der Waals surface area contributed by atoms with Crippen LogP contribution >= 0.6 is 0 Å². The molecule has 0 aromatic carbocycles. The van der Waals surface area contributed by atoms with Gasteiger partial charge < -0.3 is 9.84 Å². The Morgan fingerprint density at radius 1 is 0.824 bits per heavy atom. The molecule has 0 aliphatic rings. The van der Waals surface area contributed by atoms with E-state index >= 15 is 0 Å². The Morgan fingerprint density at radius 3 is 1.65 bits per heavy atom. The molecule has 0 rings (SSSR count). The molecule has 0 heterocycles. The van der Waals surface area contributed by atoms with Crippen LogP contribution in [0.5, 0.6) is 0 Å². The maximum Gasteiger partial charge on any atom is 0.305 e. The van der Waals surface area contributed by atoms with Gasteiger partial charge in [0.2, 0.25) is 0 Å². The number of esters is 1. The molecule has 0 aromatic heterocycles. The van der Waals surface area contributed by atoms with E-state index < -0.39 is 5.97 Å². The molecule has 0 fully saturated rings. The number of ether oxygens (including phenoxy) is 1. The Kier molecular flexibility index (Phi) is 10.7. The molecule has 17 heavy (non-hydrogen) atoms. The maximum absolute atomic E-state index is 10.8. The largest absolute Gasteiger partial charge is 0.481 e. The molecule has 0 radical (unpaired) electrons. The van der Waals surface area contributed by atoms with Gasteiger partial charge >= 0.3 is 11.9 Å². The van der Waals surface area contributed by atoms with Gasteiger partial charge in [0.15, 0.2) is 0 Å². The quantitative estimate of drug-likeness (QED) is 0.447. The van der Waals surface area contributed by atoms with Gasteiger partial charge in [0.25, 0.3) is 0 Å². The third-order valence-electron chi connectivity index (χ3n) is 2.75. The highest BCUT2D eigenvalue weighted by atomic mass is 16.5. The highest BCUT2D eigenvalue weighted by Gasteiger charge is 1.99. The molecule has 4 heteroatoms. The van der Waals surface area contributed by atoms with E-state index in [9.17, 15) is 9.59 Å². The molecular formula is C13H24O4. The first kappa shape index (κ1) is 15.9. The second-order valence-corrected chi connectivity index (χ2v) is 4.30. The average molecular weight is 243 g/mol. The summed E-state index contributed by atoms with van der Waals surface area (Å²) in [4.78, 5) is 21.1. The smallest absolute Gasteiger partial charge is 0.305 e. The summed E-state index contributed by atoms with van der Waals surface area (Å²) in [6.45, 7) is 0. The molecule has 4 nitrogen and oxygen atoms in total. The number of aliphatic carboxylic acids is 1. The van der Waals surface area contributed by atoms with E-state index in [1.54, 1.807) is 0 Å². The lowest BCUT2D eigenvalue weighted by Gasteiger charge is -2.01. The summed E-state index contributed by atoms with van der Waals surface area (Å²) in [5.74, 6) is -0.827. The molecule has 0 saturated heterocycles. The van der Waals surface area contributed by atoms with Crippen molar-refractivity contribution in [1.82, 2.24) is 0 Å². The lowest BCUT2D eigenvalue weighted by atomic mass is 9.96. The van der Waals surface area contributed by atoms with Gasteiger partial charge in [-0.2, -0.15) is 0 Å². The van der Waals surface area contributed by atoms with Crippen molar-refractivity contribution in [2.75, 3.05) is 7.11 Å². The predicted molar refractivity (Wildman–Crippen MR) is 65.8 cm³/mol. The van der Waals surface area contributed by atoms with Crippen molar-refractivity contribution >= 4 is 11.9 Å². The van der Waals surface area contributed by atoms with Gasteiger partial charge in [0.1, 0.15) is 0 Å². The van der Waals surface area contributed by atoms with Gasteiger partial charge in [0, 0.05) is 12.8 Å². The van der Waals surface area contributed by atoms with E-state index in [0.29, 0.717) is 12.8 Å². The first-order valence-electron chi connectivity index (χ1n) is 6.45. The molecule has 0 aromatic rings. The third kappa shape index (κ3) is 12.9. The first-order chi connectivity index (χ1) is 8.16. The minimum Gasteiger partial charge on any atom is -0.481 e. The monoisotopic (exact) mass is 243 g/mol. The Hall–Kier alpha value is -1.06. The van der Waals surface area contributed by atoms with Gasteiger partial charge in [-0.25, -0.2) is 0 Å². The molecule has 0 unspecified atom stereocenters. The van der Waals surface area contributed by atoms with Crippen LogP contribution < -0.4 is 0 Å². The number of unbranched alkanes of at least 4 members (excludes halogenated alkanes) is 7. The van der Waals surface area contributed by atoms with Gasteiger partial charge in [-0.3, -0.25) is 9.59 Å². The van der Waals surface area contributed by atoms with Crippen LogP contribution in [-0.2, 0) is 14.3 Å². The summed E-state index contributed by atoms with van der Waals surface area (Å²) in [7, 11) is 1.42. The lowest BCUT2D eigenvalue weighted by molar-refractivity contribution is -0.141. The minimum atomic E-state index is -0.701. The number of hydrogen-bond donors (Lipinski definition) is 1. The summed E-state index contributed by atoms with van der Waals surface area (Å²) >= 11 is 0. The number of hydrogen-bond acceptors (Lipinski definition) is 3. The van der Waals surface area contributed by atoms with Crippen molar-refractivity contribution in [2.45, 2.75) is 64.2 Å². The fourth-order valence-electron chi connectivity index (χ4n) is 1.71. The normalized spacial score (nSPS) is 10.2. The van der Waals surface area contributed by atoms with Crippen LogP contribution in [0.25, 0.3) is 0 Å². The van der Waals surface area contributed by atoms with Crippen molar-refractivity contribution in [2.24, 2.45) is 0 Å². The topological polar surface area (TPSA) is 63.6 Å².